The van der Waals surface area contributed by atoms with E-state index in [1.54, 1.807) is 29.2 Å². The van der Waals surface area contributed by atoms with Gasteiger partial charge in [-0.2, -0.15) is 0 Å². The van der Waals surface area contributed by atoms with Crippen molar-refractivity contribution in [1.82, 2.24) is 9.55 Å². The summed E-state index contributed by atoms with van der Waals surface area (Å²) in [4.78, 5) is 51.5. The van der Waals surface area contributed by atoms with E-state index in [0.717, 1.165) is 22.2 Å². The highest BCUT2D eigenvalue weighted by atomic mass is 16.2. The van der Waals surface area contributed by atoms with E-state index in [-0.39, 0.29) is 12.5 Å². The number of H-pyrrole nitrogens is 1. The molecule has 0 atom stereocenters. The number of carbonyl (C=O) groups excluding carboxylic acids is 2. The molecule has 29 heavy (non-hydrogen) atoms. The van der Waals surface area contributed by atoms with Gasteiger partial charge in [0.2, 0.25) is 5.91 Å². The molecule has 2 amide bonds. The number of benzene rings is 2. The zero-order valence-electron chi connectivity index (χ0n) is 15.4. The summed E-state index contributed by atoms with van der Waals surface area (Å²) < 4.78 is 1.10. The molecule has 4 rings (SSSR count). The number of nitrogens with one attached hydrogen (secondary N) is 2. The van der Waals surface area contributed by atoms with E-state index in [1.165, 1.54) is 12.3 Å². The van der Waals surface area contributed by atoms with Crippen molar-refractivity contribution in [1.29, 1.82) is 0 Å². The van der Waals surface area contributed by atoms with Crippen LogP contribution in [0.15, 0.2) is 70.4 Å². The van der Waals surface area contributed by atoms with Crippen molar-refractivity contribution in [2.75, 3.05) is 16.8 Å². The fraction of sp³-hybridized carbons (Fsp3) is 0.143. The van der Waals surface area contributed by atoms with Crippen LogP contribution in [0.2, 0.25) is 0 Å². The Balaban J connectivity index is 1.43. The van der Waals surface area contributed by atoms with Gasteiger partial charge in [-0.1, -0.05) is 18.2 Å². The number of para-hydroxylation sites is 1. The molecule has 2 aromatic carbocycles. The molecule has 8 nitrogen and oxygen atoms in total. The van der Waals surface area contributed by atoms with Crippen LogP contribution in [0.5, 0.6) is 0 Å². The molecule has 1 aliphatic heterocycles. The minimum absolute atomic E-state index is 0.0902. The van der Waals surface area contributed by atoms with Gasteiger partial charge < -0.3 is 10.2 Å². The van der Waals surface area contributed by atoms with E-state index in [1.807, 2.05) is 24.3 Å². The lowest BCUT2D eigenvalue weighted by molar-refractivity contribution is -0.116. The highest BCUT2D eigenvalue weighted by molar-refractivity contribution is 6.07. The van der Waals surface area contributed by atoms with Crippen molar-refractivity contribution in [2.45, 2.75) is 13.0 Å². The summed E-state index contributed by atoms with van der Waals surface area (Å²) in [5.41, 5.74) is 1.94. The Kier molecular flexibility index (Phi) is 4.82. The predicted octanol–water partition coefficient (Wildman–Crippen LogP) is 1.38. The van der Waals surface area contributed by atoms with Gasteiger partial charge in [-0.25, -0.2) is 4.79 Å². The second kappa shape index (κ2) is 7.59. The number of fused-ring (bicyclic) bond motifs is 1. The Labute approximate surface area is 165 Å². The first-order valence-electron chi connectivity index (χ1n) is 9.11. The van der Waals surface area contributed by atoms with Crippen LogP contribution in [0.3, 0.4) is 0 Å². The highest BCUT2D eigenvalue weighted by Gasteiger charge is 2.24. The lowest BCUT2D eigenvalue weighted by atomic mass is 10.1. The molecular weight excluding hydrogens is 372 g/mol. The van der Waals surface area contributed by atoms with Crippen molar-refractivity contribution >= 4 is 23.2 Å². The van der Waals surface area contributed by atoms with E-state index in [0.29, 0.717) is 17.8 Å². The quantitative estimate of drug-likeness (QED) is 0.702. The summed E-state index contributed by atoms with van der Waals surface area (Å²) in [5, 5.41) is 2.67. The van der Waals surface area contributed by atoms with Crippen LogP contribution < -0.4 is 21.5 Å². The second-order valence-electron chi connectivity index (χ2n) is 6.70. The van der Waals surface area contributed by atoms with Gasteiger partial charge in [0.15, 0.2) is 0 Å². The fourth-order valence-electron chi connectivity index (χ4n) is 3.33. The van der Waals surface area contributed by atoms with Gasteiger partial charge in [-0.05, 0) is 42.3 Å². The third-order valence-electron chi connectivity index (χ3n) is 4.76. The van der Waals surface area contributed by atoms with E-state index in [4.69, 9.17) is 0 Å². The average Bonchev–Trinajstić information content (AvgIpc) is 3.14. The van der Waals surface area contributed by atoms with Crippen LogP contribution in [0.25, 0.3) is 0 Å². The first-order valence-corrected chi connectivity index (χ1v) is 9.11. The maximum absolute atomic E-state index is 12.8. The maximum Gasteiger partial charge on any atom is 0.328 e. The highest BCUT2D eigenvalue weighted by Crippen LogP contribution is 2.29. The molecule has 2 heterocycles. The summed E-state index contributed by atoms with van der Waals surface area (Å²) in [6, 6.07) is 15.6. The molecule has 8 heteroatoms. The molecule has 0 saturated carbocycles. The van der Waals surface area contributed by atoms with Gasteiger partial charge >= 0.3 is 5.69 Å². The summed E-state index contributed by atoms with van der Waals surface area (Å²) in [6.45, 7) is 0.408. The Morgan fingerprint density at radius 1 is 1.00 bits per heavy atom. The number of hydrogen-bond donors (Lipinski definition) is 2. The molecule has 1 aromatic heterocycles. The van der Waals surface area contributed by atoms with E-state index in [9.17, 15) is 19.2 Å². The zero-order chi connectivity index (χ0) is 20.4. The molecule has 1 aliphatic rings. The monoisotopic (exact) mass is 390 g/mol. The first kappa shape index (κ1) is 18.4. The lowest BCUT2D eigenvalue weighted by Gasteiger charge is -2.17. The van der Waals surface area contributed by atoms with Crippen LogP contribution in [0, 0.1) is 0 Å². The van der Waals surface area contributed by atoms with Gasteiger partial charge in [0.1, 0.15) is 6.54 Å². The van der Waals surface area contributed by atoms with Gasteiger partial charge in [-0.15, -0.1) is 0 Å². The van der Waals surface area contributed by atoms with Gasteiger partial charge in [0.05, 0.1) is 0 Å². The number of aromatic amines is 1. The smallest absolute Gasteiger partial charge is 0.325 e. The number of aromatic nitrogens is 2. The van der Waals surface area contributed by atoms with Crippen molar-refractivity contribution in [3.05, 3.63) is 92.8 Å². The molecule has 0 saturated heterocycles. The van der Waals surface area contributed by atoms with Crippen molar-refractivity contribution in [2.24, 2.45) is 0 Å². The van der Waals surface area contributed by atoms with Gasteiger partial charge in [-0.3, -0.25) is 23.9 Å². The van der Waals surface area contributed by atoms with Crippen molar-refractivity contribution in [3.63, 3.8) is 0 Å². The Bertz CT molecular complexity index is 1190. The largest absolute Gasteiger partial charge is 0.328 e. The number of nitrogens with zero attached hydrogens (tertiary/aromatic N) is 2. The summed E-state index contributed by atoms with van der Waals surface area (Å²) in [6.07, 6.45) is 2.09. The third kappa shape index (κ3) is 3.86. The van der Waals surface area contributed by atoms with Crippen LogP contribution in [-0.2, 0) is 17.8 Å². The van der Waals surface area contributed by atoms with Gasteiger partial charge in [0, 0.05) is 35.7 Å². The molecule has 0 unspecified atom stereocenters. The van der Waals surface area contributed by atoms with Crippen LogP contribution >= 0.6 is 0 Å². The van der Waals surface area contributed by atoms with Gasteiger partial charge in [0.25, 0.3) is 11.5 Å². The summed E-state index contributed by atoms with van der Waals surface area (Å²) in [5.74, 6) is -0.515. The third-order valence-corrected chi connectivity index (χ3v) is 4.76. The molecule has 0 spiro atoms. The molecule has 0 fully saturated rings. The molecule has 0 aliphatic carbocycles. The Morgan fingerprint density at radius 3 is 2.52 bits per heavy atom. The minimum Gasteiger partial charge on any atom is -0.325 e. The van der Waals surface area contributed by atoms with Crippen molar-refractivity contribution < 1.29 is 9.59 Å². The number of hydrogen-bond acceptors (Lipinski definition) is 4. The van der Waals surface area contributed by atoms with Crippen LogP contribution in [0.4, 0.5) is 11.4 Å². The van der Waals surface area contributed by atoms with Crippen LogP contribution in [-0.4, -0.2) is 27.9 Å². The molecule has 2 N–H and O–H groups in total. The van der Waals surface area contributed by atoms with Crippen molar-refractivity contribution in [3.8, 4) is 0 Å². The topological polar surface area (TPSA) is 104 Å². The lowest BCUT2D eigenvalue weighted by Crippen LogP contribution is -2.32. The SMILES string of the molecule is O=C(Cn1ccc(=O)[nH]c1=O)Nc1ccc(C(=O)N2CCc3ccccc32)cc1. The van der Waals surface area contributed by atoms with Crippen LogP contribution in [0.1, 0.15) is 15.9 Å². The average molecular weight is 390 g/mol. The number of carbonyl (C=O) groups is 2. The minimum atomic E-state index is -0.653. The number of amides is 2. The van der Waals surface area contributed by atoms with E-state index < -0.39 is 17.2 Å². The fourth-order valence-corrected chi connectivity index (χ4v) is 3.33. The molecule has 0 bridgehead atoms. The predicted molar refractivity (Wildman–Crippen MR) is 108 cm³/mol. The van der Waals surface area contributed by atoms with E-state index in [2.05, 4.69) is 10.3 Å². The summed E-state index contributed by atoms with van der Waals surface area (Å²) in [7, 11) is 0. The maximum atomic E-state index is 12.8. The van der Waals surface area contributed by atoms with E-state index >= 15 is 0 Å². The summed E-state index contributed by atoms with van der Waals surface area (Å²) >= 11 is 0. The second-order valence-corrected chi connectivity index (χ2v) is 6.70. The number of rotatable bonds is 4. The number of anilines is 2. The molecule has 146 valence electrons. The zero-order valence-corrected chi connectivity index (χ0v) is 15.4. The molecular formula is C21H18N4O4. The normalized spacial score (nSPS) is 12.5. The molecule has 0 radical (unpaired) electrons. The first-order chi connectivity index (χ1) is 14.0. The molecule has 3 aromatic rings. The Hall–Kier alpha value is -3.94. The Morgan fingerprint density at radius 2 is 1.76 bits per heavy atom. The standard InChI is InChI=1S/C21H18N4O4/c26-18-10-11-24(21(29)23-18)13-19(27)22-16-7-5-15(6-8-16)20(28)25-12-9-14-3-1-2-4-17(14)25/h1-8,10-11H,9,12-13H2,(H,22,27)(H,23,26,29).